The van der Waals surface area contributed by atoms with Crippen LogP contribution in [-0.4, -0.2) is 46.5 Å². The fourth-order valence-corrected chi connectivity index (χ4v) is 5.61. The smallest absolute Gasteiger partial charge is 0.263 e. The number of hydrogen-bond donors (Lipinski definition) is 0. The van der Waals surface area contributed by atoms with Crippen LogP contribution < -0.4 is 0 Å². The van der Waals surface area contributed by atoms with Gasteiger partial charge in [-0.3, -0.25) is 29.0 Å². The number of nitrogens with zero attached hydrogens (tertiary/aromatic N) is 2. The van der Waals surface area contributed by atoms with Gasteiger partial charge < -0.3 is 0 Å². The lowest BCUT2D eigenvalue weighted by molar-refractivity contribution is 0.0627. The Hall–Kier alpha value is -0.960. The van der Waals surface area contributed by atoms with Crippen molar-refractivity contribution in [2.24, 2.45) is 0 Å². The first kappa shape index (κ1) is 25.1. The van der Waals surface area contributed by atoms with Crippen molar-refractivity contribution in [3.05, 3.63) is 62.4 Å². The van der Waals surface area contributed by atoms with Crippen LogP contribution in [-0.2, 0) is 0 Å². The first-order chi connectivity index (χ1) is 15.4. The lowest BCUT2D eigenvalue weighted by atomic mass is 10.1. The van der Waals surface area contributed by atoms with E-state index in [1.54, 1.807) is 0 Å². The first-order valence-electron chi connectivity index (χ1n) is 8.86. The summed E-state index contributed by atoms with van der Waals surface area (Å²) in [6.07, 6.45) is 0.0321. The third kappa shape index (κ3) is 3.62. The molecule has 2 aromatic carbocycles. The van der Waals surface area contributed by atoms with Crippen LogP contribution in [0.15, 0.2) is 0 Å². The molecule has 2 heterocycles. The van der Waals surface area contributed by atoms with Crippen LogP contribution in [0.25, 0.3) is 0 Å². The fraction of sp³-hybridized carbons (Fsp3) is 0.158. The molecule has 2 aliphatic rings. The molecule has 0 bridgehead atoms. The zero-order chi connectivity index (χ0) is 24.5. The molecule has 0 spiro atoms. The maximum atomic E-state index is 12.8. The number of imide groups is 2. The Labute approximate surface area is 226 Å². The molecule has 0 aromatic heterocycles. The van der Waals surface area contributed by atoms with Gasteiger partial charge >= 0.3 is 0 Å². The summed E-state index contributed by atoms with van der Waals surface area (Å²) in [6.45, 7) is -0.324. The molecular formula is C19H6Cl8N2O4. The number of benzene rings is 2. The van der Waals surface area contributed by atoms with E-state index in [1.165, 1.54) is 0 Å². The van der Waals surface area contributed by atoms with E-state index in [4.69, 9.17) is 92.8 Å². The number of carbonyl (C=O) groups excluding carboxylic acids is 4. The minimum Gasteiger partial charge on any atom is -0.274 e. The highest BCUT2D eigenvalue weighted by Crippen LogP contribution is 2.46. The van der Waals surface area contributed by atoms with Gasteiger partial charge in [0.05, 0.1) is 62.4 Å². The standard InChI is InChI=1S/C19H6Cl8N2O4/c20-8-4-5(9(21)13(25)12(8)24)17(31)28(16(4)30)2-1-3-29-18(32)6-7(19(29)33)11(23)15(27)14(26)10(6)22/h1-3H2. The van der Waals surface area contributed by atoms with Gasteiger partial charge in [0.25, 0.3) is 23.6 Å². The van der Waals surface area contributed by atoms with E-state index in [1.807, 2.05) is 0 Å². The summed E-state index contributed by atoms with van der Waals surface area (Å²) >= 11 is 48.4. The van der Waals surface area contributed by atoms with Gasteiger partial charge in [-0.1, -0.05) is 92.8 Å². The second-order valence-corrected chi connectivity index (χ2v) is 9.91. The molecule has 0 N–H and O–H groups in total. The molecule has 0 fully saturated rings. The molecule has 0 unspecified atom stereocenters. The molecule has 33 heavy (non-hydrogen) atoms. The summed E-state index contributed by atoms with van der Waals surface area (Å²) in [5.74, 6) is -2.92. The third-order valence-electron chi connectivity index (χ3n) is 5.13. The molecule has 0 saturated carbocycles. The summed E-state index contributed by atoms with van der Waals surface area (Å²) in [7, 11) is 0. The Balaban J connectivity index is 1.55. The number of rotatable bonds is 4. The number of fused-ring (bicyclic) bond motifs is 2. The molecule has 0 radical (unpaired) electrons. The highest BCUT2D eigenvalue weighted by molar-refractivity contribution is 6.56. The first-order valence-corrected chi connectivity index (χ1v) is 11.9. The highest BCUT2D eigenvalue weighted by Gasteiger charge is 2.43. The minimum atomic E-state index is -0.729. The Bertz CT molecular complexity index is 1130. The zero-order valence-electron chi connectivity index (χ0n) is 15.7. The molecule has 4 rings (SSSR count). The summed E-state index contributed by atoms with van der Waals surface area (Å²) in [5, 5.41) is -1.38. The maximum absolute atomic E-state index is 12.8. The van der Waals surface area contributed by atoms with Crippen LogP contribution in [0.2, 0.25) is 40.2 Å². The second kappa shape index (κ2) is 8.92. The summed E-state index contributed by atoms with van der Waals surface area (Å²) < 4.78 is 0. The average Bonchev–Trinajstić information content (AvgIpc) is 3.18. The van der Waals surface area contributed by atoms with Crippen molar-refractivity contribution < 1.29 is 19.2 Å². The molecule has 0 atom stereocenters. The van der Waals surface area contributed by atoms with Crippen molar-refractivity contribution in [2.45, 2.75) is 6.42 Å². The largest absolute Gasteiger partial charge is 0.274 e. The van der Waals surface area contributed by atoms with E-state index in [9.17, 15) is 19.2 Å². The van der Waals surface area contributed by atoms with Gasteiger partial charge in [-0.15, -0.1) is 0 Å². The number of hydrogen-bond acceptors (Lipinski definition) is 4. The summed E-state index contributed by atoms with van der Waals surface area (Å²) in [4.78, 5) is 52.9. The number of amides is 4. The van der Waals surface area contributed by atoms with Gasteiger partial charge in [-0.05, 0) is 6.42 Å². The normalized spacial score (nSPS) is 15.2. The Morgan fingerprint density at radius 1 is 0.394 bits per heavy atom. The minimum absolute atomic E-state index is 0.0321. The van der Waals surface area contributed by atoms with Crippen LogP contribution in [0, 0.1) is 0 Å². The van der Waals surface area contributed by atoms with Gasteiger partial charge in [0.1, 0.15) is 0 Å². The quantitative estimate of drug-likeness (QED) is 0.209. The van der Waals surface area contributed by atoms with E-state index in [-0.39, 0.29) is 81.9 Å². The van der Waals surface area contributed by atoms with Crippen molar-refractivity contribution in [3.63, 3.8) is 0 Å². The predicted molar refractivity (Wildman–Crippen MR) is 128 cm³/mol. The molecule has 4 amide bonds. The molecule has 172 valence electrons. The third-order valence-corrected chi connectivity index (χ3v) is 8.74. The van der Waals surface area contributed by atoms with Crippen molar-refractivity contribution >= 4 is 116 Å². The zero-order valence-corrected chi connectivity index (χ0v) is 21.7. The average molecular weight is 610 g/mol. The highest BCUT2D eigenvalue weighted by atomic mass is 35.5. The van der Waals surface area contributed by atoms with Gasteiger partial charge in [-0.2, -0.15) is 0 Å². The van der Waals surface area contributed by atoms with Crippen molar-refractivity contribution in [1.29, 1.82) is 0 Å². The van der Waals surface area contributed by atoms with E-state index >= 15 is 0 Å². The molecule has 2 aliphatic heterocycles. The fourth-order valence-electron chi connectivity index (χ4n) is 3.58. The topological polar surface area (TPSA) is 74.8 Å². The Morgan fingerprint density at radius 3 is 0.818 bits per heavy atom. The maximum Gasteiger partial charge on any atom is 0.263 e. The van der Waals surface area contributed by atoms with Crippen molar-refractivity contribution in [3.8, 4) is 0 Å². The van der Waals surface area contributed by atoms with Gasteiger partial charge in [-0.25, -0.2) is 0 Å². The van der Waals surface area contributed by atoms with Crippen LogP contribution in [0.5, 0.6) is 0 Å². The van der Waals surface area contributed by atoms with Gasteiger partial charge in [0.2, 0.25) is 0 Å². The second-order valence-electron chi connectivity index (χ2n) is 6.89. The predicted octanol–water partition coefficient (Wildman–Crippen LogP) is 7.20. The van der Waals surface area contributed by atoms with E-state index in [2.05, 4.69) is 0 Å². The molecule has 0 saturated heterocycles. The lowest BCUT2D eigenvalue weighted by Crippen LogP contribution is -2.36. The lowest BCUT2D eigenvalue weighted by Gasteiger charge is -2.17. The molecular weight excluding hydrogens is 604 g/mol. The van der Waals surface area contributed by atoms with Crippen molar-refractivity contribution in [1.82, 2.24) is 9.80 Å². The van der Waals surface area contributed by atoms with E-state index in [0.29, 0.717) is 0 Å². The van der Waals surface area contributed by atoms with Crippen LogP contribution in [0.3, 0.4) is 0 Å². The number of carbonyl (C=O) groups is 4. The Kier molecular flexibility index (Phi) is 6.80. The molecule has 6 nitrogen and oxygen atoms in total. The van der Waals surface area contributed by atoms with Gasteiger partial charge in [0, 0.05) is 13.1 Å². The van der Waals surface area contributed by atoms with Crippen molar-refractivity contribution in [2.75, 3.05) is 13.1 Å². The summed E-state index contributed by atoms with van der Waals surface area (Å²) in [5.41, 5.74) is -0.649. The van der Waals surface area contributed by atoms with E-state index < -0.39 is 23.6 Å². The molecule has 2 aromatic rings. The molecule has 14 heteroatoms. The number of halogens is 8. The van der Waals surface area contributed by atoms with Gasteiger partial charge in [0.15, 0.2) is 0 Å². The molecule has 0 aliphatic carbocycles. The van der Waals surface area contributed by atoms with E-state index in [0.717, 1.165) is 9.80 Å². The SMILES string of the molecule is O=C1c2c(Cl)c(Cl)c(Cl)c(Cl)c2C(=O)N1CCCN1C(=O)c2c(Cl)c(Cl)c(Cl)c(Cl)c2C1=O. The van der Waals surface area contributed by atoms with Crippen LogP contribution in [0.1, 0.15) is 47.9 Å². The Morgan fingerprint density at radius 2 is 0.606 bits per heavy atom. The monoisotopic (exact) mass is 606 g/mol. The van der Waals surface area contributed by atoms with Crippen LogP contribution >= 0.6 is 92.8 Å². The van der Waals surface area contributed by atoms with Crippen LogP contribution in [0.4, 0.5) is 0 Å². The summed E-state index contributed by atoms with van der Waals surface area (Å²) in [6, 6.07) is 0.